The van der Waals surface area contributed by atoms with Gasteiger partial charge in [-0.1, -0.05) is 13.8 Å². The molecule has 1 fully saturated rings. The zero-order valence-electron chi connectivity index (χ0n) is 11.4. The largest absolute Gasteiger partial charge is 0.481 e. The van der Waals surface area contributed by atoms with Crippen molar-refractivity contribution in [3.8, 4) is 0 Å². The van der Waals surface area contributed by atoms with Gasteiger partial charge in [0.1, 0.15) is 0 Å². The minimum atomic E-state index is -0.667. The van der Waals surface area contributed by atoms with E-state index in [2.05, 4.69) is 18.9 Å². The molecule has 4 heteroatoms. The summed E-state index contributed by atoms with van der Waals surface area (Å²) in [5.41, 5.74) is 1.31. The Morgan fingerprint density at radius 3 is 2.89 bits per heavy atom. The van der Waals surface area contributed by atoms with Crippen LogP contribution in [0.2, 0.25) is 0 Å². The number of aromatic nitrogens is 2. The highest BCUT2D eigenvalue weighted by atomic mass is 16.4. The topological polar surface area (TPSA) is 55.1 Å². The second-order valence-electron chi connectivity index (χ2n) is 6.09. The predicted octanol–water partition coefficient (Wildman–Crippen LogP) is 2.90. The van der Waals surface area contributed by atoms with Crippen molar-refractivity contribution in [1.29, 1.82) is 0 Å². The number of carbonyl (C=O) groups is 1. The maximum Gasteiger partial charge on any atom is 0.307 e. The molecule has 1 aliphatic carbocycles. The lowest BCUT2D eigenvalue weighted by atomic mass is 9.65. The van der Waals surface area contributed by atoms with Gasteiger partial charge in [0.05, 0.1) is 12.1 Å². The van der Waals surface area contributed by atoms with Crippen molar-refractivity contribution < 1.29 is 9.90 Å². The molecule has 0 radical (unpaired) electrons. The molecule has 4 nitrogen and oxygen atoms in total. The molecule has 1 aromatic heterocycles. The summed E-state index contributed by atoms with van der Waals surface area (Å²) in [6, 6.07) is 0. The molecule has 2 unspecified atom stereocenters. The lowest BCUT2D eigenvalue weighted by molar-refractivity contribution is -0.144. The van der Waals surface area contributed by atoms with Crippen molar-refractivity contribution in [2.24, 2.45) is 11.3 Å². The number of hydrogen-bond acceptors (Lipinski definition) is 2. The fraction of sp³-hybridized carbons (Fsp3) is 0.714. The molecule has 2 rings (SSSR count). The average molecular weight is 250 g/mol. The Bertz CT molecular complexity index is 437. The molecule has 1 N–H and O–H groups in total. The minimum Gasteiger partial charge on any atom is -0.481 e. The molecule has 1 saturated carbocycles. The van der Waals surface area contributed by atoms with Gasteiger partial charge >= 0.3 is 5.97 Å². The molecule has 1 heterocycles. The number of aryl methyl sites for hydroxylation is 1. The summed E-state index contributed by atoms with van der Waals surface area (Å²) in [6.07, 6.45) is 6.53. The van der Waals surface area contributed by atoms with Gasteiger partial charge in [0.25, 0.3) is 0 Å². The van der Waals surface area contributed by atoms with Gasteiger partial charge in [0.2, 0.25) is 0 Å². The van der Waals surface area contributed by atoms with Crippen molar-refractivity contribution >= 4 is 5.97 Å². The molecule has 0 saturated heterocycles. The highest BCUT2D eigenvalue weighted by molar-refractivity contribution is 5.71. The highest BCUT2D eigenvalue weighted by Crippen LogP contribution is 2.46. The van der Waals surface area contributed by atoms with Crippen molar-refractivity contribution in [2.45, 2.75) is 52.5 Å². The average Bonchev–Trinajstić information content (AvgIpc) is 2.75. The van der Waals surface area contributed by atoms with Gasteiger partial charge in [0, 0.05) is 18.7 Å². The number of aliphatic carboxylic acids is 1. The van der Waals surface area contributed by atoms with E-state index in [4.69, 9.17) is 0 Å². The standard InChI is InChI=1S/C14H22N2O2/c1-4-16-9-10(8-15-16)12-7-14(2,3)6-5-11(12)13(17)18/h8-9,11-12H,4-7H2,1-3H3,(H,17,18). The zero-order valence-corrected chi connectivity index (χ0v) is 11.4. The Labute approximate surface area is 108 Å². The first-order valence-electron chi connectivity index (χ1n) is 6.68. The maximum absolute atomic E-state index is 11.4. The van der Waals surface area contributed by atoms with Crippen LogP contribution in [0.3, 0.4) is 0 Å². The smallest absolute Gasteiger partial charge is 0.307 e. The van der Waals surface area contributed by atoms with Crippen LogP contribution >= 0.6 is 0 Å². The summed E-state index contributed by atoms with van der Waals surface area (Å²) in [7, 11) is 0. The first-order valence-corrected chi connectivity index (χ1v) is 6.68. The van der Waals surface area contributed by atoms with Crippen LogP contribution in [-0.4, -0.2) is 20.9 Å². The Hall–Kier alpha value is -1.32. The minimum absolute atomic E-state index is 0.103. The molecule has 1 aromatic rings. The summed E-state index contributed by atoms with van der Waals surface area (Å²) in [5, 5.41) is 13.7. The fourth-order valence-corrected chi connectivity index (χ4v) is 2.98. The highest BCUT2D eigenvalue weighted by Gasteiger charge is 2.39. The first-order chi connectivity index (χ1) is 8.43. The van der Waals surface area contributed by atoms with E-state index in [1.165, 1.54) is 0 Å². The maximum atomic E-state index is 11.4. The summed E-state index contributed by atoms with van der Waals surface area (Å²) >= 11 is 0. The van der Waals surface area contributed by atoms with Gasteiger partial charge in [0.15, 0.2) is 0 Å². The van der Waals surface area contributed by atoms with Gasteiger partial charge in [-0.2, -0.15) is 5.10 Å². The van der Waals surface area contributed by atoms with E-state index in [1.807, 2.05) is 24.0 Å². The Kier molecular flexibility index (Phi) is 3.46. The van der Waals surface area contributed by atoms with Gasteiger partial charge in [-0.15, -0.1) is 0 Å². The quantitative estimate of drug-likeness (QED) is 0.897. The number of carboxylic acids is 1. The third-order valence-corrected chi connectivity index (χ3v) is 4.11. The Morgan fingerprint density at radius 2 is 2.33 bits per heavy atom. The van der Waals surface area contributed by atoms with Crippen LogP contribution in [0.1, 0.15) is 51.5 Å². The Balaban J connectivity index is 2.27. The van der Waals surface area contributed by atoms with E-state index in [0.29, 0.717) is 0 Å². The number of carboxylic acid groups (broad SMARTS) is 1. The van der Waals surface area contributed by atoms with Crippen molar-refractivity contribution in [1.82, 2.24) is 9.78 Å². The molecule has 0 bridgehead atoms. The molecular formula is C14H22N2O2. The summed E-state index contributed by atoms with van der Waals surface area (Å²) in [4.78, 5) is 11.4. The van der Waals surface area contributed by atoms with Crippen LogP contribution in [0, 0.1) is 11.3 Å². The summed E-state index contributed by atoms with van der Waals surface area (Å²) in [5.74, 6) is -0.821. The van der Waals surface area contributed by atoms with Gasteiger partial charge in [-0.25, -0.2) is 0 Å². The second kappa shape index (κ2) is 4.75. The molecule has 18 heavy (non-hydrogen) atoms. The van der Waals surface area contributed by atoms with Gasteiger partial charge in [-0.3, -0.25) is 9.48 Å². The van der Waals surface area contributed by atoms with Crippen molar-refractivity contribution in [3.63, 3.8) is 0 Å². The normalized spacial score (nSPS) is 27.1. The third-order valence-electron chi connectivity index (χ3n) is 4.11. The molecule has 2 atom stereocenters. The zero-order chi connectivity index (χ0) is 13.3. The third kappa shape index (κ3) is 2.57. The number of nitrogens with zero attached hydrogens (tertiary/aromatic N) is 2. The van der Waals surface area contributed by atoms with E-state index in [-0.39, 0.29) is 17.3 Å². The number of rotatable bonds is 3. The fourth-order valence-electron chi connectivity index (χ4n) is 2.98. The van der Waals surface area contributed by atoms with Crippen LogP contribution in [0.5, 0.6) is 0 Å². The van der Waals surface area contributed by atoms with Gasteiger partial charge < -0.3 is 5.11 Å². The van der Waals surface area contributed by atoms with E-state index in [9.17, 15) is 9.90 Å². The van der Waals surface area contributed by atoms with E-state index in [0.717, 1.165) is 31.4 Å². The van der Waals surface area contributed by atoms with E-state index >= 15 is 0 Å². The van der Waals surface area contributed by atoms with Crippen LogP contribution in [-0.2, 0) is 11.3 Å². The molecule has 100 valence electrons. The SMILES string of the molecule is CCn1cc(C2CC(C)(C)CCC2C(=O)O)cn1. The first kappa shape index (κ1) is 13.1. The molecule has 0 aliphatic heterocycles. The molecule has 0 amide bonds. The lowest BCUT2D eigenvalue weighted by Crippen LogP contribution is -2.32. The van der Waals surface area contributed by atoms with Crippen LogP contribution in [0.4, 0.5) is 0 Å². The molecule has 1 aliphatic rings. The van der Waals surface area contributed by atoms with Crippen LogP contribution in [0.25, 0.3) is 0 Å². The van der Waals surface area contributed by atoms with Gasteiger partial charge in [-0.05, 0) is 37.2 Å². The van der Waals surface area contributed by atoms with E-state index < -0.39 is 5.97 Å². The summed E-state index contributed by atoms with van der Waals surface area (Å²) in [6.45, 7) is 7.31. The van der Waals surface area contributed by atoms with Crippen molar-refractivity contribution in [3.05, 3.63) is 18.0 Å². The molecular weight excluding hydrogens is 228 g/mol. The lowest BCUT2D eigenvalue weighted by Gasteiger charge is -2.38. The predicted molar refractivity (Wildman–Crippen MR) is 69.4 cm³/mol. The van der Waals surface area contributed by atoms with Crippen molar-refractivity contribution in [2.75, 3.05) is 0 Å². The molecule has 0 aromatic carbocycles. The van der Waals surface area contributed by atoms with E-state index in [1.54, 1.807) is 0 Å². The second-order valence-corrected chi connectivity index (χ2v) is 6.09. The summed E-state index contributed by atoms with van der Waals surface area (Å²) < 4.78 is 1.87. The Morgan fingerprint density at radius 1 is 1.61 bits per heavy atom. The number of hydrogen-bond donors (Lipinski definition) is 1. The molecule has 0 spiro atoms. The monoisotopic (exact) mass is 250 g/mol. The van der Waals surface area contributed by atoms with Crippen LogP contribution < -0.4 is 0 Å². The van der Waals surface area contributed by atoms with Crippen LogP contribution in [0.15, 0.2) is 12.4 Å².